The first-order chi connectivity index (χ1) is 13.5. The van der Waals surface area contributed by atoms with Crippen LogP contribution < -0.4 is 10.6 Å². The van der Waals surface area contributed by atoms with Gasteiger partial charge in [-0.3, -0.25) is 4.79 Å². The van der Waals surface area contributed by atoms with E-state index in [1.807, 2.05) is 44.2 Å². The molecule has 0 spiro atoms. The number of fused-ring (bicyclic) bond motifs is 1. The van der Waals surface area contributed by atoms with Crippen LogP contribution >= 0.6 is 23.2 Å². The zero-order valence-electron chi connectivity index (χ0n) is 15.2. The van der Waals surface area contributed by atoms with Gasteiger partial charge in [-0.2, -0.15) is 10.1 Å². The van der Waals surface area contributed by atoms with Gasteiger partial charge in [-0.05, 0) is 43.2 Å². The van der Waals surface area contributed by atoms with Gasteiger partial charge in [-0.1, -0.05) is 47.5 Å². The summed E-state index contributed by atoms with van der Waals surface area (Å²) in [5.74, 6) is 0.331. The highest BCUT2D eigenvalue weighted by Gasteiger charge is 2.33. The lowest BCUT2D eigenvalue weighted by Gasteiger charge is -2.29. The van der Waals surface area contributed by atoms with Gasteiger partial charge in [-0.25, -0.2) is 4.68 Å². The number of allylic oxidation sites excluding steroid dienone is 1. The quantitative estimate of drug-likeness (QED) is 0.645. The third-order valence-electron chi connectivity index (χ3n) is 4.69. The summed E-state index contributed by atoms with van der Waals surface area (Å²) in [4.78, 5) is 17.5. The number of nitrogens with zero attached hydrogens (tertiary/aromatic N) is 3. The van der Waals surface area contributed by atoms with Crippen molar-refractivity contribution in [3.63, 3.8) is 0 Å². The van der Waals surface area contributed by atoms with Gasteiger partial charge >= 0.3 is 0 Å². The molecule has 1 aliphatic rings. The molecule has 3 aromatic rings. The Labute approximate surface area is 172 Å². The van der Waals surface area contributed by atoms with Crippen molar-refractivity contribution in [2.75, 3.05) is 10.6 Å². The van der Waals surface area contributed by atoms with Crippen molar-refractivity contribution in [1.29, 1.82) is 0 Å². The number of aromatic nitrogens is 3. The van der Waals surface area contributed by atoms with Crippen molar-refractivity contribution in [2.45, 2.75) is 19.9 Å². The number of anilines is 2. The number of amides is 1. The Morgan fingerprint density at radius 2 is 1.93 bits per heavy atom. The van der Waals surface area contributed by atoms with Gasteiger partial charge in [0, 0.05) is 11.4 Å². The van der Waals surface area contributed by atoms with Crippen molar-refractivity contribution in [1.82, 2.24) is 14.8 Å². The number of nitrogens with one attached hydrogen (secondary N) is 2. The Hall–Kier alpha value is -2.83. The minimum atomic E-state index is -0.488. The standard InChI is InChI=1S/C20H17Cl2N5O/c1-11-5-3-4-6-16(11)26-19(28)17-12(2)25-20-23-10-24-27(20)18(17)13-7-8-14(21)15(22)9-13/h3-10,18H,1-2H3,(H,26,28)(H,23,24,25). The summed E-state index contributed by atoms with van der Waals surface area (Å²) in [7, 11) is 0. The van der Waals surface area contributed by atoms with Crippen LogP contribution in [0.3, 0.4) is 0 Å². The van der Waals surface area contributed by atoms with E-state index in [-0.39, 0.29) is 5.91 Å². The Morgan fingerprint density at radius 3 is 2.68 bits per heavy atom. The Bertz CT molecular complexity index is 1110. The molecule has 0 radical (unpaired) electrons. The van der Waals surface area contributed by atoms with Crippen LogP contribution in [0.5, 0.6) is 0 Å². The second-order valence-electron chi connectivity index (χ2n) is 6.54. The van der Waals surface area contributed by atoms with Gasteiger partial charge in [0.25, 0.3) is 5.91 Å². The zero-order chi connectivity index (χ0) is 19.8. The first-order valence-electron chi connectivity index (χ1n) is 8.65. The lowest BCUT2D eigenvalue weighted by molar-refractivity contribution is -0.113. The normalized spacial score (nSPS) is 15.8. The second-order valence-corrected chi connectivity index (χ2v) is 7.35. The Kier molecular flexibility index (Phi) is 4.83. The largest absolute Gasteiger partial charge is 0.328 e. The molecule has 1 aliphatic heterocycles. The number of carbonyl (C=O) groups is 1. The molecule has 1 atom stereocenters. The van der Waals surface area contributed by atoms with Crippen LogP contribution in [-0.2, 0) is 4.79 Å². The predicted molar refractivity (Wildman–Crippen MR) is 111 cm³/mol. The topological polar surface area (TPSA) is 71.8 Å². The summed E-state index contributed by atoms with van der Waals surface area (Å²) >= 11 is 12.3. The summed E-state index contributed by atoms with van der Waals surface area (Å²) in [6.07, 6.45) is 1.45. The van der Waals surface area contributed by atoms with E-state index in [1.165, 1.54) is 6.33 Å². The van der Waals surface area contributed by atoms with Gasteiger partial charge < -0.3 is 10.6 Å². The van der Waals surface area contributed by atoms with E-state index in [1.54, 1.807) is 16.8 Å². The summed E-state index contributed by atoms with van der Waals surface area (Å²) in [6, 6.07) is 12.4. The zero-order valence-corrected chi connectivity index (χ0v) is 16.7. The van der Waals surface area contributed by atoms with Gasteiger partial charge in [0.2, 0.25) is 5.95 Å². The maximum atomic E-state index is 13.3. The monoisotopic (exact) mass is 413 g/mol. The van der Waals surface area contributed by atoms with Gasteiger partial charge in [0.15, 0.2) is 0 Å². The summed E-state index contributed by atoms with van der Waals surface area (Å²) < 4.78 is 1.67. The summed E-state index contributed by atoms with van der Waals surface area (Å²) in [6.45, 7) is 3.79. The van der Waals surface area contributed by atoms with Crippen LogP contribution in [0.4, 0.5) is 11.6 Å². The molecule has 1 unspecified atom stereocenters. The minimum Gasteiger partial charge on any atom is -0.328 e. The Morgan fingerprint density at radius 1 is 1.14 bits per heavy atom. The van der Waals surface area contributed by atoms with E-state index >= 15 is 0 Å². The number of hydrogen-bond acceptors (Lipinski definition) is 4. The fourth-order valence-electron chi connectivity index (χ4n) is 3.28. The number of rotatable bonds is 3. The molecule has 0 bridgehead atoms. The molecule has 4 rings (SSSR count). The molecule has 0 aliphatic carbocycles. The number of halogens is 2. The third-order valence-corrected chi connectivity index (χ3v) is 5.43. The van der Waals surface area contributed by atoms with Gasteiger partial charge in [0.1, 0.15) is 12.4 Å². The molecule has 8 heteroatoms. The molecule has 6 nitrogen and oxygen atoms in total. The smallest absolute Gasteiger partial charge is 0.255 e. The average molecular weight is 414 g/mol. The van der Waals surface area contributed by atoms with E-state index in [9.17, 15) is 4.79 Å². The predicted octanol–water partition coefficient (Wildman–Crippen LogP) is 4.82. The van der Waals surface area contributed by atoms with Gasteiger partial charge in [-0.15, -0.1) is 0 Å². The molecule has 1 aromatic heterocycles. The first-order valence-corrected chi connectivity index (χ1v) is 9.40. The lowest BCUT2D eigenvalue weighted by Crippen LogP contribution is -2.31. The third kappa shape index (κ3) is 3.25. The van der Waals surface area contributed by atoms with Crippen LogP contribution in [0, 0.1) is 6.92 Å². The van der Waals surface area contributed by atoms with E-state index in [2.05, 4.69) is 20.7 Å². The van der Waals surface area contributed by atoms with Crippen molar-refractivity contribution < 1.29 is 4.79 Å². The highest BCUT2D eigenvalue weighted by molar-refractivity contribution is 6.42. The Balaban J connectivity index is 1.79. The fourth-order valence-corrected chi connectivity index (χ4v) is 3.59. The van der Waals surface area contributed by atoms with Crippen molar-refractivity contribution in [2.24, 2.45) is 0 Å². The summed E-state index contributed by atoms with van der Waals surface area (Å²) in [5, 5.41) is 11.3. The van der Waals surface area contributed by atoms with Gasteiger partial charge in [0.05, 0.1) is 15.6 Å². The first kappa shape index (κ1) is 18.5. The maximum Gasteiger partial charge on any atom is 0.255 e. The number of aryl methyl sites for hydroxylation is 1. The highest BCUT2D eigenvalue weighted by Crippen LogP contribution is 2.37. The van der Waals surface area contributed by atoms with Crippen molar-refractivity contribution in [3.05, 3.63) is 81.2 Å². The molecule has 0 saturated heterocycles. The second kappa shape index (κ2) is 7.30. The van der Waals surface area contributed by atoms with E-state index in [0.29, 0.717) is 27.3 Å². The van der Waals surface area contributed by atoms with Crippen LogP contribution in [0.25, 0.3) is 0 Å². The molecule has 1 amide bonds. The number of para-hydroxylation sites is 1. The summed E-state index contributed by atoms with van der Waals surface area (Å²) in [5.41, 5.74) is 3.75. The molecule has 2 heterocycles. The SMILES string of the molecule is CC1=C(C(=O)Nc2ccccc2C)C(c2ccc(Cl)c(Cl)c2)n2ncnc2N1. The van der Waals surface area contributed by atoms with E-state index < -0.39 is 6.04 Å². The number of benzene rings is 2. The average Bonchev–Trinajstić information content (AvgIpc) is 3.12. The van der Waals surface area contributed by atoms with E-state index in [0.717, 1.165) is 16.8 Å². The van der Waals surface area contributed by atoms with Crippen LogP contribution in [-0.4, -0.2) is 20.7 Å². The lowest BCUT2D eigenvalue weighted by atomic mass is 9.95. The molecule has 28 heavy (non-hydrogen) atoms. The molecular weight excluding hydrogens is 397 g/mol. The molecular formula is C20H17Cl2N5O. The van der Waals surface area contributed by atoms with Crippen LogP contribution in [0.1, 0.15) is 24.1 Å². The molecule has 2 aromatic carbocycles. The van der Waals surface area contributed by atoms with Crippen molar-refractivity contribution >= 4 is 40.7 Å². The number of hydrogen-bond donors (Lipinski definition) is 2. The number of carbonyl (C=O) groups excluding carboxylic acids is 1. The van der Waals surface area contributed by atoms with Crippen molar-refractivity contribution in [3.8, 4) is 0 Å². The molecule has 0 saturated carbocycles. The molecule has 142 valence electrons. The highest BCUT2D eigenvalue weighted by atomic mass is 35.5. The molecule has 0 fully saturated rings. The minimum absolute atomic E-state index is 0.225. The van der Waals surface area contributed by atoms with Crippen LogP contribution in [0.2, 0.25) is 10.0 Å². The fraction of sp³-hybridized carbons (Fsp3) is 0.150. The van der Waals surface area contributed by atoms with Crippen LogP contribution in [0.15, 0.2) is 60.1 Å². The van der Waals surface area contributed by atoms with E-state index in [4.69, 9.17) is 23.2 Å². The molecule has 2 N–H and O–H groups in total. The maximum absolute atomic E-state index is 13.3.